The summed E-state index contributed by atoms with van der Waals surface area (Å²) in [6, 6.07) is 2.37. The first-order chi connectivity index (χ1) is 10.1. The van der Waals surface area contributed by atoms with E-state index in [1.807, 2.05) is 13.1 Å². The van der Waals surface area contributed by atoms with Gasteiger partial charge in [-0.05, 0) is 18.9 Å². The first-order valence-corrected chi connectivity index (χ1v) is 7.73. The van der Waals surface area contributed by atoms with Crippen molar-refractivity contribution in [1.82, 2.24) is 10.6 Å². The molecule has 0 amide bonds. The van der Waals surface area contributed by atoms with E-state index >= 15 is 0 Å². The number of ether oxygens (including phenoxy) is 1. The van der Waals surface area contributed by atoms with E-state index in [-0.39, 0.29) is 5.41 Å². The minimum absolute atomic E-state index is 0.151. The van der Waals surface area contributed by atoms with Crippen molar-refractivity contribution in [2.45, 2.75) is 45.4 Å². The zero-order valence-electron chi connectivity index (χ0n) is 13.1. The van der Waals surface area contributed by atoms with Crippen LogP contribution in [0, 0.1) is 11.3 Å². The maximum atomic E-state index is 5.94. The van der Waals surface area contributed by atoms with E-state index in [9.17, 15) is 0 Å². The van der Waals surface area contributed by atoms with Crippen LogP contribution in [0.1, 0.15) is 32.3 Å². The topological polar surface area (TPSA) is 58.8 Å². The van der Waals surface area contributed by atoms with Gasteiger partial charge < -0.3 is 19.8 Å². The maximum absolute atomic E-state index is 5.94. The number of hydrogen-bond donors (Lipinski definition) is 2. The lowest BCUT2D eigenvalue weighted by molar-refractivity contribution is -0.188. The Labute approximate surface area is 126 Å². The second kappa shape index (κ2) is 5.72. The Morgan fingerprint density at radius 1 is 1.48 bits per heavy atom. The molecule has 5 nitrogen and oxygen atoms in total. The Bertz CT molecular complexity index is 496. The monoisotopic (exact) mass is 291 g/mol. The van der Waals surface area contributed by atoms with Crippen molar-refractivity contribution in [3.8, 4) is 0 Å². The van der Waals surface area contributed by atoms with Gasteiger partial charge in [0.2, 0.25) is 0 Å². The van der Waals surface area contributed by atoms with Crippen molar-refractivity contribution < 1.29 is 9.15 Å². The molecule has 2 heterocycles. The van der Waals surface area contributed by atoms with Gasteiger partial charge in [0.1, 0.15) is 0 Å². The third kappa shape index (κ3) is 2.67. The molecule has 1 saturated heterocycles. The van der Waals surface area contributed by atoms with Gasteiger partial charge in [-0.15, -0.1) is 0 Å². The Morgan fingerprint density at radius 2 is 2.33 bits per heavy atom. The second-order valence-electron chi connectivity index (χ2n) is 6.60. The van der Waals surface area contributed by atoms with Crippen LogP contribution in [0.5, 0.6) is 0 Å². The van der Waals surface area contributed by atoms with Crippen molar-refractivity contribution in [3.05, 3.63) is 24.2 Å². The highest BCUT2D eigenvalue weighted by molar-refractivity contribution is 5.80. The van der Waals surface area contributed by atoms with Crippen LogP contribution >= 0.6 is 0 Å². The summed E-state index contributed by atoms with van der Waals surface area (Å²) >= 11 is 0. The number of nitrogens with zero attached hydrogens (tertiary/aromatic N) is 1. The average Bonchev–Trinajstić information content (AvgIpc) is 3.00. The average molecular weight is 291 g/mol. The van der Waals surface area contributed by atoms with Crippen LogP contribution in [-0.4, -0.2) is 31.8 Å². The number of nitrogens with one attached hydrogen (secondary N) is 2. The summed E-state index contributed by atoms with van der Waals surface area (Å²) in [5, 5.41) is 6.93. The fourth-order valence-corrected chi connectivity index (χ4v) is 3.74. The molecule has 1 aromatic heterocycles. The highest BCUT2D eigenvalue weighted by Gasteiger charge is 2.58. The van der Waals surface area contributed by atoms with Crippen LogP contribution < -0.4 is 10.6 Å². The molecule has 1 saturated carbocycles. The molecule has 3 atom stereocenters. The number of fused-ring (bicyclic) bond motifs is 1. The summed E-state index contributed by atoms with van der Waals surface area (Å²) in [5.74, 6) is 1.44. The van der Waals surface area contributed by atoms with Crippen LogP contribution in [0.4, 0.5) is 0 Å². The molecule has 5 heteroatoms. The first kappa shape index (κ1) is 14.4. The van der Waals surface area contributed by atoms with Crippen molar-refractivity contribution in [2.24, 2.45) is 16.3 Å². The quantitative estimate of drug-likeness (QED) is 0.662. The zero-order chi connectivity index (χ0) is 14.9. The van der Waals surface area contributed by atoms with Crippen LogP contribution in [0.2, 0.25) is 0 Å². The number of hydrogen-bond acceptors (Lipinski definition) is 3. The number of guanidine groups is 1. The molecule has 0 spiro atoms. The van der Waals surface area contributed by atoms with Crippen LogP contribution in [-0.2, 0) is 11.3 Å². The van der Waals surface area contributed by atoms with E-state index in [0.29, 0.717) is 24.6 Å². The fraction of sp³-hybridized carbons (Fsp3) is 0.688. The number of aliphatic imine (C=N–C) groups is 1. The molecule has 2 fully saturated rings. The Kier molecular flexibility index (Phi) is 3.93. The molecule has 0 bridgehead atoms. The minimum Gasteiger partial charge on any atom is -0.472 e. The van der Waals surface area contributed by atoms with Crippen LogP contribution in [0.15, 0.2) is 28.0 Å². The summed E-state index contributed by atoms with van der Waals surface area (Å²) in [5.41, 5.74) is 1.27. The van der Waals surface area contributed by atoms with E-state index in [2.05, 4.69) is 29.5 Å². The van der Waals surface area contributed by atoms with Gasteiger partial charge in [0.25, 0.3) is 0 Å². The van der Waals surface area contributed by atoms with Gasteiger partial charge >= 0.3 is 0 Å². The first-order valence-electron chi connectivity index (χ1n) is 7.73. The molecule has 1 aliphatic carbocycles. The van der Waals surface area contributed by atoms with E-state index in [0.717, 1.165) is 24.6 Å². The lowest BCUT2D eigenvalue weighted by Gasteiger charge is -2.60. The molecule has 3 rings (SSSR count). The molecule has 21 heavy (non-hydrogen) atoms. The molecular weight excluding hydrogens is 266 g/mol. The molecule has 2 N–H and O–H groups in total. The number of rotatable bonds is 3. The third-order valence-corrected chi connectivity index (χ3v) is 4.89. The molecule has 116 valence electrons. The normalized spacial score (nSPS) is 31.2. The summed E-state index contributed by atoms with van der Waals surface area (Å²) in [6.45, 7) is 6.18. The van der Waals surface area contributed by atoms with Gasteiger partial charge in [0, 0.05) is 43.1 Å². The predicted molar refractivity (Wildman–Crippen MR) is 82.1 cm³/mol. The van der Waals surface area contributed by atoms with E-state index < -0.39 is 0 Å². The summed E-state index contributed by atoms with van der Waals surface area (Å²) in [6.07, 6.45) is 6.22. The predicted octanol–water partition coefficient (Wildman–Crippen LogP) is 2.15. The molecule has 0 radical (unpaired) electrons. The summed E-state index contributed by atoms with van der Waals surface area (Å²) < 4.78 is 11.0. The maximum Gasteiger partial charge on any atom is 0.191 e. The molecule has 2 aliphatic rings. The van der Waals surface area contributed by atoms with Crippen molar-refractivity contribution in [3.63, 3.8) is 0 Å². The highest BCUT2D eigenvalue weighted by atomic mass is 16.5. The lowest BCUT2D eigenvalue weighted by atomic mass is 9.55. The van der Waals surface area contributed by atoms with E-state index in [1.54, 1.807) is 12.5 Å². The molecule has 1 aliphatic heterocycles. The van der Waals surface area contributed by atoms with Crippen LogP contribution in [0.3, 0.4) is 0 Å². The Balaban J connectivity index is 1.59. The summed E-state index contributed by atoms with van der Waals surface area (Å²) in [7, 11) is 1.81. The van der Waals surface area contributed by atoms with Crippen molar-refractivity contribution in [1.29, 1.82) is 0 Å². The minimum atomic E-state index is 0.151. The lowest BCUT2D eigenvalue weighted by Crippen LogP contribution is -2.70. The van der Waals surface area contributed by atoms with Gasteiger partial charge in [-0.2, -0.15) is 0 Å². The Hall–Kier alpha value is -1.49. The number of furan rings is 1. The SMILES string of the molecule is CN=C(NCc1ccoc1)NC1C2CCCOC2C1(C)C. The molecule has 1 aromatic rings. The van der Waals surface area contributed by atoms with Gasteiger partial charge in [-0.1, -0.05) is 13.8 Å². The van der Waals surface area contributed by atoms with Gasteiger partial charge in [-0.3, -0.25) is 4.99 Å². The fourth-order valence-electron chi connectivity index (χ4n) is 3.74. The standard InChI is InChI=1S/C16H25N3O2/c1-16(2)13(12-5-4-7-21-14(12)16)19-15(17-3)18-9-11-6-8-20-10-11/h6,8,10,12-14H,4-5,7,9H2,1-3H3,(H2,17,18,19). The molecular formula is C16H25N3O2. The Morgan fingerprint density at radius 3 is 3.05 bits per heavy atom. The summed E-state index contributed by atoms with van der Waals surface area (Å²) in [4.78, 5) is 4.34. The van der Waals surface area contributed by atoms with E-state index in [4.69, 9.17) is 9.15 Å². The zero-order valence-corrected chi connectivity index (χ0v) is 13.1. The van der Waals surface area contributed by atoms with Crippen LogP contribution in [0.25, 0.3) is 0 Å². The third-order valence-electron chi connectivity index (χ3n) is 4.89. The van der Waals surface area contributed by atoms with Crippen molar-refractivity contribution >= 4 is 5.96 Å². The van der Waals surface area contributed by atoms with Gasteiger partial charge in [0.05, 0.1) is 18.6 Å². The van der Waals surface area contributed by atoms with Crippen molar-refractivity contribution in [2.75, 3.05) is 13.7 Å². The van der Waals surface area contributed by atoms with Gasteiger partial charge in [-0.25, -0.2) is 0 Å². The molecule has 3 unspecified atom stereocenters. The molecule has 0 aromatic carbocycles. The van der Waals surface area contributed by atoms with E-state index in [1.165, 1.54) is 6.42 Å². The highest BCUT2D eigenvalue weighted by Crippen LogP contribution is 2.51. The van der Waals surface area contributed by atoms with Gasteiger partial charge in [0.15, 0.2) is 5.96 Å². The smallest absolute Gasteiger partial charge is 0.191 e. The second-order valence-corrected chi connectivity index (χ2v) is 6.60. The largest absolute Gasteiger partial charge is 0.472 e.